The van der Waals surface area contributed by atoms with E-state index in [4.69, 9.17) is 0 Å². The largest absolute Gasteiger partial charge is 0.323 e. The van der Waals surface area contributed by atoms with Gasteiger partial charge in [0.15, 0.2) is 5.16 Å². The van der Waals surface area contributed by atoms with Crippen LogP contribution < -0.4 is 5.32 Å². The Labute approximate surface area is 168 Å². The van der Waals surface area contributed by atoms with Crippen LogP contribution in [0.4, 0.5) is 14.5 Å². The highest BCUT2D eigenvalue weighted by atomic mass is 32.2. The maximum Gasteiger partial charge on any atom is 0.234 e. The molecule has 152 valence electrons. The average molecular weight is 409 g/mol. The lowest BCUT2D eigenvalue weighted by atomic mass is 9.86. The van der Waals surface area contributed by atoms with Gasteiger partial charge >= 0.3 is 0 Å². The molecule has 3 rings (SSSR count). The van der Waals surface area contributed by atoms with Crippen molar-refractivity contribution in [1.82, 2.24) is 14.8 Å². The van der Waals surface area contributed by atoms with Gasteiger partial charge in [0.2, 0.25) is 5.91 Å². The number of hydrogen-bond acceptors (Lipinski definition) is 4. The molecule has 1 heterocycles. The fraction of sp³-hybridized carbons (Fsp3) is 0.550. The van der Waals surface area contributed by atoms with Gasteiger partial charge in [0.05, 0.1) is 11.4 Å². The van der Waals surface area contributed by atoms with E-state index in [1.165, 1.54) is 49.9 Å². The van der Waals surface area contributed by atoms with Crippen molar-refractivity contribution in [3.05, 3.63) is 35.7 Å². The Balaban J connectivity index is 1.53. The van der Waals surface area contributed by atoms with E-state index < -0.39 is 11.6 Å². The Kier molecular flexibility index (Phi) is 7.42. The first-order chi connectivity index (χ1) is 13.6. The number of hydrogen-bond donors (Lipinski definition) is 1. The zero-order valence-corrected chi connectivity index (χ0v) is 16.9. The molecule has 1 aromatic heterocycles. The zero-order chi connectivity index (χ0) is 19.9. The fourth-order valence-electron chi connectivity index (χ4n) is 3.64. The van der Waals surface area contributed by atoms with Crippen LogP contribution in [0.2, 0.25) is 0 Å². The summed E-state index contributed by atoms with van der Waals surface area (Å²) in [7, 11) is 0. The van der Waals surface area contributed by atoms with E-state index in [1.807, 2.05) is 11.5 Å². The number of amides is 1. The first-order valence-electron chi connectivity index (χ1n) is 9.86. The number of carbonyl (C=O) groups is 1. The van der Waals surface area contributed by atoms with E-state index in [0.717, 1.165) is 43.3 Å². The predicted molar refractivity (Wildman–Crippen MR) is 106 cm³/mol. The monoisotopic (exact) mass is 408 g/mol. The van der Waals surface area contributed by atoms with Gasteiger partial charge in [-0.2, -0.15) is 0 Å². The highest BCUT2D eigenvalue weighted by molar-refractivity contribution is 7.99. The first kappa shape index (κ1) is 20.8. The number of nitrogens with zero attached hydrogens (tertiary/aromatic N) is 3. The molecule has 1 aliphatic rings. The highest BCUT2D eigenvalue weighted by Crippen LogP contribution is 2.28. The lowest BCUT2D eigenvalue weighted by Gasteiger charge is -2.21. The van der Waals surface area contributed by atoms with Gasteiger partial charge in [-0.05, 0) is 31.4 Å². The lowest BCUT2D eigenvalue weighted by molar-refractivity contribution is -0.113. The minimum absolute atomic E-state index is 0.0304. The Morgan fingerprint density at radius 1 is 1.25 bits per heavy atom. The number of halogens is 2. The van der Waals surface area contributed by atoms with Gasteiger partial charge in [0, 0.05) is 19.0 Å². The summed E-state index contributed by atoms with van der Waals surface area (Å²) in [6, 6.07) is 3.07. The second kappa shape index (κ2) is 10.0. The molecule has 1 amide bonds. The molecule has 0 aliphatic heterocycles. The summed E-state index contributed by atoms with van der Waals surface area (Å²) in [5, 5.41) is 11.7. The summed E-state index contributed by atoms with van der Waals surface area (Å²) in [4.78, 5) is 12.1. The third-order valence-electron chi connectivity index (χ3n) is 5.15. The number of carbonyl (C=O) groups excluding carboxylic acids is 1. The Morgan fingerprint density at radius 2 is 2.04 bits per heavy atom. The average Bonchev–Trinajstić information content (AvgIpc) is 3.09. The third kappa shape index (κ3) is 5.53. The number of benzene rings is 1. The maximum atomic E-state index is 13.6. The smallest absolute Gasteiger partial charge is 0.234 e. The van der Waals surface area contributed by atoms with E-state index in [1.54, 1.807) is 0 Å². The summed E-state index contributed by atoms with van der Waals surface area (Å²) in [6.45, 7) is 2.77. The number of rotatable bonds is 8. The second-order valence-corrected chi connectivity index (χ2v) is 8.09. The molecule has 8 heteroatoms. The molecule has 0 unspecified atom stereocenters. The van der Waals surface area contributed by atoms with Crippen molar-refractivity contribution in [3.63, 3.8) is 0 Å². The topological polar surface area (TPSA) is 59.8 Å². The Bertz CT molecular complexity index is 805. The van der Waals surface area contributed by atoms with Crippen LogP contribution in [0.25, 0.3) is 0 Å². The molecule has 1 aromatic carbocycles. The van der Waals surface area contributed by atoms with Gasteiger partial charge in [0.1, 0.15) is 17.5 Å². The number of anilines is 1. The molecule has 0 radical (unpaired) electrons. The van der Waals surface area contributed by atoms with E-state index in [0.29, 0.717) is 5.16 Å². The van der Waals surface area contributed by atoms with Crippen LogP contribution in [0.15, 0.2) is 23.4 Å². The molecule has 28 heavy (non-hydrogen) atoms. The molecule has 0 spiro atoms. The summed E-state index contributed by atoms with van der Waals surface area (Å²) in [5.74, 6) is -0.0205. The van der Waals surface area contributed by atoms with Crippen LogP contribution >= 0.6 is 11.8 Å². The summed E-state index contributed by atoms with van der Waals surface area (Å²) in [6.07, 6.45) is 8.66. The van der Waals surface area contributed by atoms with Crippen molar-refractivity contribution < 1.29 is 13.6 Å². The van der Waals surface area contributed by atoms with Gasteiger partial charge in [-0.25, -0.2) is 8.78 Å². The third-order valence-corrected chi connectivity index (χ3v) is 6.11. The number of aromatic nitrogens is 3. The van der Waals surface area contributed by atoms with Crippen molar-refractivity contribution in [1.29, 1.82) is 0 Å². The minimum atomic E-state index is -0.792. The molecule has 1 fully saturated rings. The van der Waals surface area contributed by atoms with Crippen LogP contribution in [0.1, 0.15) is 51.3 Å². The molecule has 0 atom stereocenters. The van der Waals surface area contributed by atoms with Crippen LogP contribution in [0, 0.1) is 17.6 Å². The molecule has 1 saturated carbocycles. The Hall–Kier alpha value is -1.96. The van der Waals surface area contributed by atoms with Gasteiger partial charge in [-0.3, -0.25) is 4.79 Å². The van der Waals surface area contributed by atoms with Crippen LogP contribution in [-0.4, -0.2) is 26.4 Å². The standard InChI is InChI=1S/C20H26F2N4OS/c1-2-26-18(11-8-14-6-4-3-5-7-14)24-25-20(26)28-13-19(27)23-17-10-9-15(21)12-16(17)22/h9-10,12,14H,2-8,11,13H2,1H3,(H,23,27). The van der Waals surface area contributed by atoms with Gasteiger partial charge in [-0.15, -0.1) is 10.2 Å². The summed E-state index contributed by atoms with van der Waals surface area (Å²) >= 11 is 1.27. The van der Waals surface area contributed by atoms with E-state index in [-0.39, 0.29) is 17.3 Å². The van der Waals surface area contributed by atoms with Crippen molar-refractivity contribution in [2.24, 2.45) is 5.92 Å². The van der Waals surface area contributed by atoms with E-state index >= 15 is 0 Å². The van der Waals surface area contributed by atoms with Crippen LogP contribution in [0.3, 0.4) is 0 Å². The molecule has 1 aliphatic carbocycles. The number of nitrogens with one attached hydrogen (secondary N) is 1. The number of thioether (sulfide) groups is 1. The predicted octanol–water partition coefficient (Wildman–Crippen LogP) is 4.82. The van der Waals surface area contributed by atoms with Gasteiger partial charge < -0.3 is 9.88 Å². The SMILES string of the molecule is CCn1c(CCC2CCCCC2)nnc1SCC(=O)Nc1ccc(F)cc1F. The molecule has 1 N–H and O–H groups in total. The minimum Gasteiger partial charge on any atom is -0.323 e. The van der Waals surface area contributed by atoms with Crippen molar-refractivity contribution in [2.45, 2.75) is 63.6 Å². The lowest BCUT2D eigenvalue weighted by Crippen LogP contribution is -2.16. The second-order valence-electron chi connectivity index (χ2n) is 7.15. The maximum absolute atomic E-state index is 13.6. The highest BCUT2D eigenvalue weighted by Gasteiger charge is 2.17. The quantitative estimate of drug-likeness (QED) is 0.636. The van der Waals surface area contributed by atoms with E-state index in [9.17, 15) is 13.6 Å². The normalized spacial score (nSPS) is 15.0. The van der Waals surface area contributed by atoms with E-state index in [2.05, 4.69) is 15.5 Å². The fourth-order valence-corrected chi connectivity index (χ4v) is 4.47. The molecule has 2 aromatic rings. The Morgan fingerprint density at radius 3 is 2.75 bits per heavy atom. The first-order valence-corrected chi connectivity index (χ1v) is 10.8. The number of aryl methyl sites for hydroxylation is 1. The molecular weight excluding hydrogens is 382 g/mol. The molecule has 0 bridgehead atoms. The summed E-state index contributed by atoms with van der Waals surface area (Å²) < 4.78 is 28.6. The van der Waals surface area contributed by atoms with Crippen LogP contribution in [-0.2, 0) is 17.8 Å². The van der Waals surface area contributed by atoms with Crippen molar-refractivity contribution in [3.8, 4) is 0 Å². The van der Waals surface area contributed by atoms with Gasteiger partial charge in [-0.1, -0.05) is 43.9 Å². The summed E-state index contributed by atoms with van der Waals surface area (Å²) in [5.41, 5.74) is -0.0304. The van der Waals surface area contributed by atoms with Crippen molar-refractivity contribution >= 4 is 23.4 Å². The molecule has 5 nitrogen and oxygen atoms in total. The molecule has 0 saturated heterocycles. The van der Waals surface area contributed by atoms with Crippen molar-refractivity contribution in [2.75, 3.05) is 11.1 Å². The molecular formula is C20H26F2N4OS. The zero-order valence-electron chi connectivity index (χ0n) is 16.1. The van der Waals surface area contributed by atoms with Gasteiger partial charge in [0.25, 0.3) is 0 Å². The van der Waals surface area contributed by atoms with Crippen LogP contribution in [0.5, 0.6) is 0 Å².